The average molecular weight is 321 g/mol. The average Bonchev–Trinajstić information content (AvgIpc) is 3.05. The first-order valence-electron chi connectivity index (χ1n) is 7.27. The Hall–Kier alpha value is -2.08. The van der Waals surface area contributed by atoms with Crippen LogP contribution in [0.15, 0.2) is 30.9 Å². The number of fused-ring (bicyclic) bond motifs is 1. The van der Waals surface area contributed by atoms with E-state index in [1.54, 1.807) is 22.0 Å². The SMILES string of the molecule is CC[C@H]1CN(C(=O)CCn2cncn2)c2cccc(Cl)c2O1. The van der Waals surface area contributed by atoms with Crippen molar-refractivity contribution in [1.82, 2.24) is 14.8 Å². The number of anilines is 1. The Morgan fingerprint density at radius 2 is 2.36 bits per heavy atom. The Bertz CT molecular complexity index is 660. The third-order valence-electron chi connectivity index (χ3n) is 3.69. The van der Waals surface area contributed by atoms with Crippen LogP contribution in [0.25, 0.3) is 0 Å². The van der Waals surface area contributed by atoms with E-state index < -0.39 is 0 Å². The largest absolute Gasteiger partial charge is 0.485 e. The molecule has 1 aromatic carbocycles. The first-order valence-corrected chi connectivity index (χ1v) is 7.64. The van der Waals surface area contributed by atoms with Gasteiger partial charge in [0.05, 0.1) is 23.8 Å². The van der Waals surface area contributed by atoms with E-state index in [-0.39, 0.29) is 12.0 Å². The molecule has 3 rings (SSSR count). The van der Waals surface area contributed by atoms with Crippen molar-refractivity contribution in [3.05, 3.63) is 35.9 Å². The molecule has 0 spiro atoms. The zero-order valence-electron chi connectivity index (χ0n) is 12.3. The fourth-order valence-corrected chi connectivity index (χ4v) is 2.69. The maximum Gasteiger partial charge on any atom is 0.229 e. The van der Waals surface area contributed by atoms with Crippen molar-refractivity contribution >= 4 is 23.2 Å². The molecular formula is C15H17ClN4O2. The smallest absolute Gasteiger partial charge is 0.229 e. The second-order valence-corrected chi connectivity index (χ2v) is 5.56. The van der Waals surface area contributed by atoms with Gasteiger partial charge in [-0.25, -0.2) is 4.98 Å². The topological polar surface area (TPSA) is 60.2 Å². The number of hydrogen-bond donors (Lipinski definition) is 0. The van der Waals surface area contributed by atoms with Crippen LogP contribution in [0.4, 0.5) is 5.69 Å². The van der Waals surface area contributed by atoms with Crippen molar-refractivity contribution in [1.29, 1.82) is 0 Å². The quantitative estimate of drug-likeness (QED) is 0.868. The predicted octanol–water partition coefficient (Wildman–Crippen LogP) is 2.53. The van der Waals surface area contributed by atoms with Gasteiger partial charge in [-0.15, -0.1) is 0 Å². The Balaban J connectivity index is 1.80. The van der Waals surface area contributed by atoms with Crippen LogP contribution in [0.5, 0.6) is 5.75 Å². The number of hydrogen-bond acceptors (Lipinski definition) is 4. The van der Waals surface area contributed by atoms with Gasteiger partial charge in [-0.05, 0) is 18.6 Å². The van der Waals surface area contributed by atoms with Crippen LogP contribution < -0.4 is 9.64 Å². The molecule has 2 heterocycles. The van der Waals surface area contributed by atoms with E-state index in [0.29, 0.717) is 30.3 Å². The summed E-state index contributed by atoms with van der Waals surface area (Å²) >= 11 is 6.21. The fraction of sp³-hybridized carbons (Fsp3) is 0.400. The highest BCUT2D eigenvalue weighted by Gasteiger charge is 2.30. The van der Waals surface area contributed by atoms with Crippen LogP contribution in [-0.4, -0.2) is 33.3 Å². The maximum absolute atomic E-state index is 12.6. The number of para-hydroxylation sites is 1. The lowest BCUT2D eigenvalue weighted by Gasteiger charge is -2.35. The van der Waals surface area contributed by atoms with Crippen molar-refractivity contribution in [2.75, 3.05) is 11.4 Å². The zero-order chi connectivity index (χ0) is 15.5. The second-order valence-electron chi connectivity index (χ2n) is 5.15. The highest BCUT2D eigenvalue weighted by atomic mass is 35.5. The lowest BCUT2D eigenvalue weighted by molar-refractivity contribution is -0.119. The second kappa shape index (κ2) is 6.36. The third-order valence-corrected chi connectivity index (χ3v) is 3.98. The Morgan fingerprint density at radius 3 is 3.09 bits per heavy atom. The van der Waals surface area contributed by atoms with E-state index in [1.165, 1.54) is 6.33 Å². The monoisotopic (exact) mass is 320 g/mol. The normalized spacial score (nSPS) is 17.0. The van der Waals surface area contributed by atoms with Crippen molar-refractivity contribution in [3.8, 4) is 5.75 Å². The summed E-state index contributed by atoms with van der Waals surface area (Å²) in [6, 6.07) is 5.46. The van der Waals surface area contributed by atoms with Crippen LogP contribution in [0.3, 0.4) is 0 Å². The van der Waals surface area contributed by atoms with Gasteiger partial charge in [0.15, 0.2) is 5.75 Å². The summed E-state index contributed by atoms with van der Waals surface area (Å²) in [6.07, 6.45) is 4.19. The first-order chi connectivity index (χ1) is 10.7. The lowest BCUT2D eigenvalue weighted by Crippen LogP contribution is -2.43. The molecule has 1 aliphatic rings. The molecule has 0 radical (unpaired) electrons. The van der Waals surface area contributed by atoms with Crippen LogP contribution in [0.1, 0.15) is 19.8 Å². The van der Waals surface area contributed by atoms with Crippen LogP contribution in [0, 0.1) is 0 Å². The summed E-state index contributed by atoms with van der Waals surface area (Å²) in [5.74, 6) is 0.622. The van der Waals surface area contributed by atoms with Crippen molar-refractivity contribution in [3.63, 3.8) is 0 Å². The van der Waals surface area contributed by atoms with Gasteiger partial charge in [0, 0.05) is 6.42 Å². The predicted molar refractivity (Wildman–Crippen MR) is 83.2 cm³/mol. The number of halogens is 1. The Morgan fingerprint density at radius 1 is 1.50 bits per heavy atom. The minimum atomic E-state index is -0.0391. The summed E-state index contributed by atoms with van der Waals surface area (Å²) in [6.45, 7) is 3.08. The van der Waals surface area contributed by atoms with Gasteiger partial charge in [0.1, 0.15) is 18.8 Å². The van der Waals surface area contributed by atoms with Gasteiger partial charge in [-0.3, -0.25) is 9.48 Å². The van der Waals surface area contributed by atoms with Gasteiger partial charge in [-0.2, -0.15) is 5.10 Å². The Labute approximate surface area is 133 Å². The summed E-state index contributed by atoms with van der Waals surface area (Å²) in [4.78, 5) is 18.2. The number of amides is 1. The molecule has 1 amide bonds. The van der Waals surface area contributed by atoms with Crippen molar-refractivity contribution < 1.29 is 9.53 Å². The van der Waals surface area contributed by atoms with Crippen LogP contribution in [-0.2, 0) is 11.3 Å². The molecule has 6 nitrogen and oxygen atoms in total. The van der Waals surface area contributed by atoms with Crippen molar-refractivity contribution in [2.45, 2.75) is 32.4 Å². The number of rotatable bonds is 4. The fourth-order valence-electron chi connectivity index (χ4n) is 2.47. The van der Waals surface area contributed by atoms with E-state index in [1.807, 2.05) is 19.1 Å². The molecule has 22 heavy (non-hydrogen) atoms. The number of benzene rings is 1. The molecule has 1 atom stereocenters. The van der Waals surface area contributed by atoms with Gasteiger partial charge in [-0.1, -0.05) is 24.6 Å². The van der Waals surface area contributed by atoms with E-state index in [4.69, 9.17) is 16.3 Å². The van der Waals surface area contributed by atoms with Gasteiger partial charge >= 0.3 is 0 Å². The molecule has 1 aromatic heterocycles. The first kappa shape index (κ1) is 14.8. The third kappa shape index (κ3) is 2.92. The minimum absolute atomic E-state index is 0.0285. The minimum Gasteiger partial charge on any atom is -0.485 e. The van der Waals surface area contributed by atoms with Crippen LogP contribution >= 0.6 is 11.6 Å². The molecule has 0 saturated heterocycles. The number of aromatic nitrogens is 3. The summed E-state index contributed by atoms with van der Waals surface area (Å²) in [5, 5.41) is 4.54. The van der Waals surface area contributed by atoms with Crippen LogP contribution in [0.2, 0.25) is 5.02 Å². The van der Waals surface area contributed by atoms with E-state index in [9.17, 15) is 4.79 Å². The highest BCUT2D eigenvalue weighted by Crippen LogP contribution is 2.40. The molecule has 0 N–H and O–H groups in total. The molecule has 2 aromatic rings. The molecule has 0 saturated carbocycles. The van der Waals surface area contributed by atoms with Gasteiger partial charge < -0.3 is 9.64 Å². The summed E-state index contributed by atoms with van der Waals surface area (Å²) in [7, 11) is 0. The maximum atomic E-state index is 12.6. The molecular weight excluding hydrogens is 304 g/mol. The molecule has 7 heteroatoms. The molecule has 0 aliphatic carbocycles. The molecule has 0 bridgehead atoms. The van der Waals surface area contributed by atoms with Gasteiger partial charge in [0.25, 0.3) is 0 Å². The van der Waals surface area contributed by atoms with E-state index in [2.05, 4.69) is 10.1 Å². The molecule has 0 fully saturated rings. The lowest BCUT2D eigenvalue weighted by atomic mass is 10.1. The molecule has 116 valence electrons. The Kier molecular flexibility index (Phi) is 4.29. The number of carbonyl (C=O) groups is 1. The number of carbonyl (C=O) groups excluding carboxylic acids is 1. The highest BCUT2D eigenvalue weighted by molar-refractivity contribution is 6.32. The number of nitrogens with zero attached hydrogens (tertiary/aromatic N) is 4. The molecule has 1 aliphatic heterocycles. The van der Waals surface area contributed by atoms with E-state index in [0.717, 1.165) is 12.1 Å². The summed E-state index contributed by atoms with van der Waals surface area (Å²) in [5.41, 5.74) is 0.737. The standard InChI is InChI=1S/C15H17ClN4O2/c1-2-11-8-20(13-5-3-4-12(16)15(13)22-11)14(21)6-7-19-10-17-9-18-19/h3-5,9-11H,2,6-8H2,1H3/t11-/m0/s1. The number of ether oxygens (including phenoxy) is 1. The van der Waals surface area contributed by atoms with Crippen molar-refractivity contribution in [2.24, 2.45) is 0 Å². The van der Waals surface area contributed by atoms with Gasteiger partial charge in [0.2, 0.25) is 5.91 Å². The summed E-state index contributed by atoms with van der Waals surface area (Å²) < 4.78 is 7.54. The van der Waals surface area contributed by atoms with E-state index >= 15 is 0 Å². The molecule has 0 unspecified atom stereocenters. The zero-order valence-corrected chi connectivity index (χ0v) is 13.0. The number of aryl methyl sites for hydroxylation is 1.